The predicted molar refractivity (Wildman–Crippen MR) is 65.7 cm³/mol. The fourth-order valence-electron chi connectivity index (χ4n) is 1.80. The molecule has 1 nitrogen and oxygen atoms in total. The zero-order chi connectivity index (χ0) is 11.0. The van der Waals surface area contributed by atoms with Crippen molar-refractivity contribution in [2.24, 2.45) is 5.92 Å². The molecule has 1 heteroatoms. The summed E-state index contributed by atoms with van der Waals surface area (Å²) in [6.07, 6.45) is 6.48. The highest BCUT2D eigenvalue weighted by atomic mass is 14.9. The molecule has 0 aromatic rings. The molecule has 0 aromatic carbocycles. The molecule has 0 saturated carbocycles. The largest absolute Gasteiger partial charge is 0.311 e. The van der Waals surface area contributed by atoms with Crippen LogP contribution in [0.1, 0.15) is 66.7 Å². The molecule has 14 heavy (non-hydrogen) atoms. The monoisotopic (exact) mass is 199 g/mol. The Morgan fingerprint density at radius 3 is 1.64 bits per heavy atom. The Labute approximate surface area is 90.7 Å². The van der Waals surface area contributed by atoms with Gasteiger partial charge in [0.15, 0.2) is 0 Å². The summed E-state index contributed by atoms with van der Waals surface area (Å²) in [6, 6.07) is 1.47. The van der Waals surface area contributed by atoms with Crippen LogP contribution in [0.4, 0.5) is 0 Å². The van der Waals surface area contributed by atoms with E-state index in [0.29, 0.717) is 0 Å². The first-order chi connectivity index (χ1) is 6.63. The SMILES string of the molecule is CCC(CC)NC(CC)CCC(C)C. The summed E-state index contributed by atoms with van der Waals surface area (Å²) in [5.74, 6) is 0.840. The number of rotatable bonds is 8. The third-order valence-electron chi connectivity index (χ3n) is 3.04. The molecule has 0 fully saturated rings. The van der Waals surface area contributed by atoms with E-state index < -0.39 is 0 Å². The van der Waals surface area contributed by atoms with Crippen LogP contribution < -0.4 is 5.32 Å². The quantitative estimate of drug-likeness (QED) is 0.623. The van der Waals surface area contributed by atoms with Crippen molar-refractivity contribution in [2.45, 2.75) is 78.8 Å². The van der Waals surface area contributed by atoms with Gasteiger partial charge in [0.05, 0.1) is 0 Å². The van der Waals surface area contributed by atoms with Gasteiger partial charge in [0.25, 0.3) is 0 Å². The Balaban J connectivity index is 3.76. The summed E-state index contributed by atoms with van der Waals surface area (Å²) in [5, 5.41) is 3.76. The normalized spacial score (nSPS) is 13.9. The molecular formula is C13H29N. The molecule has 0 saturated heterocycles. The van der Waals surface area contributed by atoms with Crippen molar-refractivity contribution in [1.29, 1.82) is 0 Å². The Morgan fingerprint density at radius 2 is 1.29 bits per heavy atom. The summed E-state index contributed by atoms with van der Waals surface area (Å²) in [6.45, 7) is 11.5. The van der Waals surface area contributed by atoms with Crippen LogP contribution in [0.3, 0.4) is 0 Å². The molecule has 1 atom stereocenters. The van der Waals surface area contributed by atoms with E-state index in [2.05, 4.69) is 39.9 Å². The van der Waals surface area contributed by atoms with Crippen molar-refractivity contribution in [2.75, 3.05) is 0 Å². The average molecular weight is 199 g/mol. The summed E-state index contributed by atoms with van der Waals surface area (Å²) < 4.78 is 0. The third kappa shape index (κ3) is 6.42. The van der Waals surface area contributed by atoms with E-state index in [4.69, 9.17) is 0 Å². The van der Waals surface area contributed by atoms with Crippen molar-refractivity contribution in [3.63, 3.8) is 0 Å². The van der Waals surface area contributed by atoms with Crippen LogP contribution >= 0.6 is 0 Å². The Hall–Kier alpha value is -0.0400. The van der Waals surface area contributed by atoms with Gasteiger partial charge in [-0.25, -0.2) is 0 Å². The Kier molecular flexibility index (Phi) is 8.26. The molecule has 0 amide bonds. The van der Waals surface area contributed by atoms with Gasteiger partial charge in [-0.2, -0.15) is 0 Å². The topological polar surface area (TPSA) is 12.0 Å². The van der Waals surface area contributed by atoms with Gasteiger partial charge < -0.3 is 5.32 Å². The van der Waals surface area contributed by atoms with Crippen molar-refractivity contribution < 1.29 is 0 Å². The first-order valence-corrected chi connectivity index (χ1v) is 6.39. The lowest BCUT2D eigenvalue weighted by Crippen LogP contribution is -2.37. The Morgan fingerprint density at radius 1 is 0.786 bits per heavy atom. The van der Waals surface area contributed by atoms with Gasteiger partial charge in [0, 0.05) is 12.1 Å². The molecule has 0 aliphatic rings. The zero-order valence-corrected chi connectivity index (χ0v) is 10.8. The number of hydrogen-bond acceptors (Lipinski definition) is 1. The summed E-state index contributed by atoms with van der Waals surface area (Å²) in [5.41, 5.74) is 0. The zero-order valence-electron chi connectivity index (χ0n) is 10.8. The fraction of sp³-hybridized carbons (Fsp3) is 1.00. The van der Waals surface area contributed by atoms with Crippen LogP contribution in [0.25, 0.3) is 0 Å². The van der Waals surface area contributed by atoms with Crippen LogP contribution in [-0.2, 0) is 0 Å². The molecule has 0 aliphatic heterocycles. The van der Waals surface area contributed by atoms with Gasteiger partial charge in [-0.1, -0.05) is 34.6 Å². The molecule has 0 spiro atoms. The van der Waals surface area contributed by atoms with Crippen LogP contribution in [0.2, 0.25) is 0 Å². The molecule has 1 N–H and O–H groups in total. The first kappa shape index (κ1) is 14.0. The van der Waals surface area contributed by atoms with Crippen molar-refractivity contribution >= 4 is 0 Å². The van der Waals surface area contributed by atoms with Crippen molar-refractivity contribution in [3.8, 4) is 0 Å². The maximum absolute atomic E-state index is 3.76. The second-order valence-corrected chi connectivity index (χ2v) is 4.76. The van der Waals surface area contributed by atoms with Crippen molar-refractivity contribution in [1.82, 2.24) is 5.32 Å². The van der Waals surface area contributed by atoms with Crippen LogP contribution in [0, 0.1) is 5.92 Å². The van der Waals surface area contributed by atoms with E-state index in [9.17, 15) is 0 Å². The van der Waals surface area contributed by atoms with Crippen LogP contribution in [0.15, 0.2) is 0 Å². The lowest BCUT2D eigenvalue weighted by atomic mass is 10.0. The first-order valence-electron chi connectivity index (χ1n) is 6.39. The lowest BCUT2D eigenvalue weighted by molar-refractivity contribution is 0.361. The number of hydrogen-bond donors (Lipinski definition) is 1. The molecular weight excluding hydrogens is 170 g/mol. The fourth-order valence-corrected chi connectivity index (χ4v) is 1.80. The minimum absolute atomic E-state index is 0.729. The predicted octanol–water partition coefficient (Wildman–Crippen LogP) is 3.98. The molecule has 0 radical (unpaired) electrons. The standard InChI is InChI=1S/C13H29N/c1-6-12(7-2)14-13(8-3)10-9-11(4)5/h11-14H,6-10H2,1-5H3. The molecule has 0 rings (SSSR count). The van der Waals surface area contributed by atoms with E-state index in [0.717, 1.165) is 18.0 Å². The van der Waals surface area contributed by atoms with Gasteiger partial charge in [-0.05, 0) is 38.0 Å². The highest BCUT2D eigenvalue weighted by Gasteiger charge is 2.11. The van der Waals surface area contributed by atoms with Gasteiger partial charge in [0.2, 0.25) is 0 Å². The minimum Gasteiger partial charge on any atom is -0.311 e. The second-order valence-electron chi connectivity index (χ2n) is 4.76. The maximum Gasteiger partial charge on any atom is 0.00671 e. The number of nitrogens with one attached hydrogen (secondary N) is 1. The molecule has 0 heterocycles. The molecule has 0 aliphatic carbocycles. The van der Waals surface area contributed by atoms with Gasteiger partial charge in [-0.15, -0.1) is 0 Å². The van der Waals surface area contributed by atoms with E-state index >= 15 is 0 Å². The van der Waals surface area contributed by atoms with E-state index in [1.165, 1.54) is 32.1 Å². The van der Waals surface area contributed by atoms with Crippen LogP contribution in [-0.4, -0.2) is 12.1 Å². The van der Waals surface area contributed by atoms with Crippen LogP contribution in [0.5, 0.6) is 0 Å². The third-order valence-corrected chi connectivity index (χ3v) is 3.04. The highest BCUT2D eigenvalue weighted by molar-refractivity contribution is 4.71. The van der Waals surface area contributed by atoms with Gasteiger partial charge in [-0.3, -0.25) is 0 Å². The van der Waals surface area contributed by atoms with E-state index in [1.807, 2.05) is 0 Å². The van der Waals surface area contributed by atoms with Gasteiger partial charge in [0.1, 0.15) is 0 Å². The summed E-state index contributed by atoms with van der Waals surface area (Å²) >= 11 is 0. The summed E-state index contributed by atoms with van der Waals surface area (Å²) in [7, 11) is 0. The molecule has 0 aromatic heterocycles. The average Bonchev–Trinajstić information content (AvgIpc) is 2.18. The second kappa shape index (κ2) is 8.28. The van der Waals surface area contributed by atoms with E-state index in [1.54, 1.807) is 0 Å². The van der Waals surface area contributed by atoms with E-state index in [-0.39, 0.29) is 0 Å². The van der Waals surface area contributed by atoms with Crippen molar-refractivity contribution in [3.05, 3.63) is 0 Å². The molecule has 86 valence electrons. The highest BCUT2D eigenvalue weighted by Crippen LogP contribution is 2.11. The molecule has 1 unspecified atom stereocenters. The Bertz CT molecular complexity index is 116. The minimum atomic E-state index is 0.729. The summed E-state index contributed by atoms with van der Waals surface area (Å²) in [4.78, 5) is 0. The maximum atomic E-state index is 3.76. The van der Waals surface area contributed by atoms with Gasteiger partial charge >= 0.3 is 0 Å². The molecule has 0 bridgehead atoms. The smallest absolute Gasteiger partial charge is 0.00671 e. The lowest BCUT2D eigenvalue weighted by Gasteiger charge is -2.24.